The third-order valence-corrected chi connectivity index (χ3v) is 6.88. The van der Waals surface area contributed by atoms with Crippen LogP contribution in [-0.2, 0) is 16.6 Å². The Kier molecular flexibility index (Phi) is 5.47. The van der Waals surface area contributed by atoms with Gasteiger partial charge in [0, 0.05) is 25.6 Å². The minimum absolute atomic E-state index is 0.206. The van der Waals surface area contributed by atoms with Crippen LogP contribution in [0.4, 0.5) is 0 Å². The summed E-state index contributed by atoms with van der Waals surface area (Å²) in [6.07, 6.45) is 2.79. The second kappa shape index (κ2) is 8.02. The van der Waals surface area contributed by atoms with Crippen LogP contribution < -0.4 is 5.32 Å². The maximum Gasteiger partial charge on any atom is 0.233 e. The molecule has 1 aliphatic heterocycles. The normalized spacial score (nSPS) is 19.5. The molecule has 0 bridgehead atoms. The van der Waals surface area contributed by atoms with Crippen LogP contribution in [-0.4, -0.2) is 42.0 Å². The van der Waals surface area contributed by atoms with Crippen LogP contribution in [0.1, 0.15) is 30.3 Å². The highest BCUT2D eigenvalue weighted by Gasteiger charge is 2.40. The van der Waals surface area contributed by atoms with Crippen molar-refractivity contribution in [1.82, 2.24) is 15.2 Å². The molecule has 1 amide bonds. The van der Waals surface area contributed by atoms with Gasteiger partial charge in [-0.3, -0.25) is 4.79 Å². The minimum Gasteiger partial charge on any atom is -0.340 e. The molecular weight excluding hydrogens is 366 g/mol. The van der Waals surface area contributed by atoms with Crippen LogP contribution in [0.5, 0.6) is 0 Å². The molecule has 28 heavy (non-hydrogen) atoms. The van der Waals surface area contributed by atoms with E-state index in [1.54, 1.807) is 11.3 Å². The Bertz CT molecular complexity index is 922. The van der Waals surface area contributed by atoms with Gasteiger partial charge in [0.15, 0.2) is 0 Å². The molecule has 1 fully saturated rings. The van der Waals surface area contributed by atoms with Crippen molar-refractivity contribution in [2.24, 2.45) is 0 Å². The lowest BCUT2D eigenvalue weighted by atomic mass is 9.78. The molecule has 0 aliphatic carbocycles. The molecule has 1 aromatic heterocycles. The minimum atomic E-state index is -0.620. The fraction of sp³-hybridized carbons (Fsp3) is 0.391. The van der Waals surface area contributed by atoms with Crippen LogP contribution in [0.3, 0.4) is 0 Å². The van der Waals surface area contributed by atoms with Crippen molar-refractivity contribution in [2.45, 2.75) is 37.6 Å². The molecular formula is C23H27N3OS. The van der Waals surface area contributed by atoms with E-state index in [-0.39, 0.29) is 5.91 Å². The van der Waals surface area contributed by atoms with E-state index >= 15 is 0 Å². The predicted molar refractivity (Wildman–Crippen MR) is 116 cm³/mol. The fourth-order valence-corrected chi connectivity index (χ4v) is 5.27. The summed E-state index contributed by atoms with van der Waals surface area (Å²) < 4.78 is 1.17. The number of piperidine rings is 1. The SMILES string of the molecule is CNC1CCCN(C(=O)C(C)(Cc2nc3ccccc3s2)c2ccccc2)C1. The number of thiazole rings is 1. The highest BCUT2D eigenvalue weighted by Crippen LogP contribution is 2.34. The maximum atomic E-state index is 13.8. The highest BCUT2D eigenvalue weighted by molar-refractivity contribution is 7.18. The highest BCUT2D eigenvalue weighted by atomic mass is 32.1. The lowest BCUT2D eigenvalue weighted by Crippen LogP contribution is -2.53. The third-order valence-electron chi connectivity index (χ3n) is 5.84. The van der Waals surface area contributed by atoms with Crippen molar-refractivity contribution < 1.29 is 4.79 Å². The molecule has 3 aromatic rings. The molecule has 0 saturated carbocycles. The fourth-order valence-electron chi connectivity index (χ4n) is 4.15. The second-order valence-electron chi connectivity index (χ2n) is 7.83. The van der Waals surface area contributed by atoms with Gasteiger partial charge in [-0.05, 0) is 44.5 Å². The summed E-state index contributed by atoms with van der Waals surface area (Å²) in [6, 6.07) is 18.8. The number of fused-ring (bicyclic) bond motifs is 1. The Morgan fingerprint density at radius 1 is 1.21 bits per heavy atom. The van der Waals surface area contributed by atoms with Gasteiger partial charge >= 0.3 is 0 Å². The van der Waals surface area contributed by atoms with E-state index in [0.717, 1.165) is 42.0 Å². The number of amides is 1. The lowest BCUT2D eigenvalue weighted by molar-refractivity contribution is -0.138. The van der Waals surface area contributed by atoms with Gasteiger partial charge in [0.05, 0.1) is 20.6 Å². The summed E-state index contributed by atoms with van der Waals surface area (Å²) >= 11 is 1.69. The number of aromatic nitrogens is 1. The lowest BCUT2D eigenvalue weighted by Gasteiger charge is -2.39. The van der Waals surface area contributed by atoms with Gasteiger partial charge in [0.2, 0.25) is 5.91 Å². The molecule has 1 saturated heterocycles. The van der Waals surface area contributed by atoms with E-state index < -0.39 is 5.41 Å². The topological polar surface area (TPSA) is 45.2 Å². The summed E-state index contributed by atoms with van der Waals surface area (Å²) in [5.41, 5.74) is 1.45. The molecule has 2 unspecified atom stereocenters. The van der Waals surface area contributed by atoms with E-state index in [4.69, 9.17) is 4.98 Å². The van der Waals surface area contributed by atoms with E-state index in [9.17, 15) is 4.79 Å². The Hall–Kier alpha value is -2.24. The zero-order valence-corrected chi connectivity index (χ0v) is 17.3. The van der Waals surface area contributed by atoms with Crippen molar-refractivity contribution in [3.8, 4) is 0 Å². The number of benzene rings is 2. The molecule has 1 aliphatic rings. The Morgan fingerprint density at radius 2 is 1.96 bits per heavy atom. The molecule has 2 heterocycles. The molecule has 2 atom stereocenters. The Morgan fingerprint density at radius 3 is 2.71 bits per heavy atom. The summed E-state index contributed by atoms with van der Waals surface area (Å²) in [5, 5.41) is 4.36. The number of hydrogen-bond donors (Lipinski definition) is 1. The number of rotatable bonds is 5. The van der Waals surface area contributed by atoms with Gasteiger partial charge in [-0.2, -0.15) is 0 Å². The molecule has 5 heteroatoms. The Balaban J connectivity index is 1.69. The monoisotopic (exact) mass is 393 g/mol. The average Bonchev–Trinajstić information content (AvgIpc) is 3.15. The molecule has 0 spiro atoms. The number of likely N-dealkylation sites (N-methyl/N-ethyl adjacent to an activating group) is 1. The first-order chi connectivity index (χ1) is 13.6. The number of para-hydroxylation sites is 1. The van der Waals surface area contributed by atoms with Crippen molar-refractivity contribution >= 4 is 27.5 Å². The molecule has 2 aromatic carbocycles. The summed E-state index contributed by atoms with van der Waals surface area (Å²) in [5.74, 6) is 0.206. The summed E-state index contributed by atoms with van der Waals surface area (Å²) in [4.78, 5) is 20.6. The number of likely N-dealkylation sites (tertiary alicyclic amines) is 1. The first-order valence-electron chi connectivity index (χ1n) is 9.97. The van der Waals surface area contributed by atoms with Crippen LogP contribution >= 0.6 is 11.3 Å². The molecule has 146 valence electrons. The van der Waals surface area contributed by atoms with Gasteiger partial charge in [0.25, 0.3) is 0 Å². The number of carbonyl (C=O) groups is 1. The van der Waals surface area contributed by atoms with Crippen molar-refractivity contribution in [1.29, 1.82) is 0 Å². The van der Waals surface area contributed by atoms with E-state index in [2.05, 4.69) is 30.4 Å². The number of nitrogens with one attached hydrogen (secondary N) is 1. The first kappa shape index (κ1) is 19.1. The van der Waals surface area contributed by atoms with Crippen molar-refractivity contribution in [3.63, 3.8) is 0 Å². The van der Waals surface area contributed by atoms with Crippen LogP contribution in [0, 0.1) is 0 Å². The first-order valence-corrected chi connectivity index (χ1v) is 10.8. The largest absolute Gasteiger partial charge is 0.340 e. The molecule has 4 nitrogen and oxygen atoms in total. The maximum absolute atomic E-state index is 13.8. The zero-order valence-electron chi connectivity index (χ0n) is 16.5. The smallest absolute Gasteiger partial charge is 0.233 e. The average molecular weight is 394 g/mol. The van der Waals surface area contributed by atoms with Gasteiger partial charge in [-0.1, -0.05) is 42.5 Å². The van der Waals surface area contributed by atoms with Crippen LogP contribution in [0.25, 0.3) is 10.2 Å². The Labute approximate surface area is 170 Å². The van der Waals surface area contributed by atoms with Crippen LogP contribution in [0.15, 0.2) is 54.6 Å². The van der Waals surface area contributed by atoms with Crippen molar-refractivity contribution in [3.05, 3.63) is 65.2 Å². The van der Waals surface area contributed by atoms with Crippen LogP contribution in [0.2, 0.25) is 0 Å². The second-order valence-corrected chi connectivity index (χ2v) is 8.94. The van der Waals surface area contributed by atoms with E-state index in [1.165, 1.54) is 4.70 Å². The number of carbonyl (C=O) groups excluding carboxylic acids is 1. The van der Waals surface area contributed by atoms with Gasteiger partial charge in [-0.15, -0.1) is 11.3 Å². The number of hydrogen-bond acceptors (Lipinski definition) is 4. The summed E-state index contributed by atoms with van der Waals surface area (Å²) in [7, 11) is 1.98. The van der Waals surface area contributed by atoms with Crippen molar-refractivity contribution in [2.75, 3.05) is 20.1 Å². The third kappa shape index (κ3) is 3.69. The van der Waals surface area contributed by atoms with Gasteiger partial charge in [-0.25, -0.2) is 4.98 Å². The molecule has 0 radical (unpaired) electrons. The number of nitrogens with zero attached hydrogens (tertiary/aromatic N) is 2. The van der Waals surface area contributed by atoms with Gasteiger partial charge in [0.1, 0.15) is 0 Å². The molecule has 1 N–H and O–H groups in total. The molecule has 4 rings (SSSR count). The van der Waals surface area contributed by atoms with E-state index in [0.29, 0.717) is 12.5 Å². The van der Waals surface area contributed by atoms with E-state index in [1.807, 2.05) is 48.3 Å². The van der Waals surface area contributed by atoms with Gasteiger partial charge < -0.3 is 10.2 Å². The predicted octanol–water partition coefficient (Wildman–Crippen LogP) is 4.01. The zero-order chi connectivity index (χ0) is 19.6. The summed E-state index contributed by atoms with van der Waals surface area (Å²) in [6.45, 7) is 3.69. The quantitative estimate of drug-likeness (QED) is 0.712. The standard InChI is InChI=1S/C23H27N3OS/c1-23(17-9-4-3-5-10-17,22(27)26-14-8-11-18(16-26)24-2)15-21-25-19-12-6-7-13-20(19)28-21/h3-7,9-10,12-13,18,24H,8,11,14-16H2,1-2H3.